The lowest BCUT2D eigenvalue weighted by Crippen LogP contribution is -2.52. The van der Waals surface area contributed by atoms with E-state index in [1.165, 1.54) is 12.1 Å². The molecule has 0 N–H and O–H groups in total. The number of amides is 1. The highest BCUT2D eigenvalue weighted by molar-refractivity contribution is 5.95. The molecule has 5 rings (SSSR count). The summed E-state index contributed by atoms with van der Waals surface area (Å²) < 4.78 is 44.4. The molecule has 37 heavy (non-hydrogen) atoms. The number of rotatable bonds is 5. The zero-order valence-corrected chi connectivity index (χ0v) is 20.2. The van der Waals surface area contributed by atoms with E-state index in [0.717, 1.165) is 40.0 Å². The smallest absolute Gasteiger partial charge is 0.416 e. The van der Waals surface area contributed by atoms with Crippen molar-refractivity contribution in [3.63, 3.8) is 0 Å². The normalized spacial score (nSPS) is 15.0. The average molecular weight is 507 g/mol. The molecule has 4 aromatic rings. The topological polar surface area (TPSA) is 58.6 Å². The van der Waals surface area contributed by atoms with Crippen LogP contribution in [0.3, 0.4) is 0 Å². The molecule has 1 aromatic heterocycles. The minimum Gasteiger partial charge on any atom is -0.481 e. The van der Waals surface area contributed by atoms with E-state index in [4.69, 9.17) is 4.74 Å². The van der Waals surface area contributed by atoms with Gasteiger partial charge in [-0.15, -0.1) is 10.2 Å². The van der Waals surface area contributed by atoms with Crippen molar-refractivity contribution in [1.82, 2.24) is 15.1 Å². The number of alkyl halides is 3. The second-order valence-electron chi connectivity index (χ2n) is 8.90. The standard InChI is InChI=1S/C28H25F3N4O2/c1-19(37-22-9-5-8-21(18-22)28(29,30)31)27(36)35-16-14-34(15-17-35)26-13-12-25(32-33-26)24-11-4-7-20-6-2-3-10-23(20)24/h2-13,18-19H,14-17H2,1H3. The van der Waals surface area contributed by atoms with Gasteiger partial charge in [-0.25, -0.2) is 0 Å². The minimum absolute atomic E-state index is 0.0101. The fourth-order valence-corrected chi connectivity index (χ4v) is 4.50. The van der Waals surface area contributed by atoms with Crippen molar-refractivity contribution < 1.29 is 22.7 Å². The van der Waals surface area contributed by atoms with E-state index in [1.54, 1.807) is 11.8 Å². The molecule has 1 saturated heterocycles. The Labute approximate surface area is 212 Å². The Morgan fingerprint density at radius 2 is 1.62 bits per heavy atom. The summed E-state index contributed by atoms with van der Waals surface area (Å²) in [7, 11) is 0. The third-order valence-corrected chi connectivity index (χ3v) is 6.45. The Bertz CT molecular complexity index is 1400. The van der Waals surface area contributed by atoms with Crippen LogP contribution in [-0.2, 0) is 11.0 Å². The number of ether oxygens (including phenoxy) is 1. The lowest BCUT2D eigenvalue weighted by atomic mass is 10.0. The van der Waals surface area contributed by atoms with Crippen molar-refractivity contribution in [3.8, 4) is 17.0 Å². The minimum atomic E-state index is -4.47. The van der Waals surface area contributed by atoms with Crippen LogP contribution >= 0.6 is 0 Å². The molecule has 9 heteroatoms. The SMILES string of the molecule is CC(Oc1cccc(C(F)(F)F)c1)C(=O)N1CCN(c2ccc(-c3cccc4ccccc34)nn2)CC1. The van der Waals surface area contributed by atoms with Crippen molar-refractivity contribution in [3.05, 3.63) is 84.4 Å². The summed E-state index contributed by atoms with van der Waals surface area (Å²) in [5, 5.41) is 11.1. The van der Waals surface area contributed by atoms with E-state index in [0.29, 0.717) is 26.2 Å². The van der Waals surface area contributed by atoms with Gasteiger partial charge in [-0.05, 0) is 48.0 Å². The van der Waals surface area contributed by atoms with Crippen molar-refractivity contribution in [2.75, 3.05) is 31.1 Å². The van der Waals surface area contributed by atoms with E-state index < -0.39 is 17.8 Å². The van der Waals surface area contributed by atoms with Crippen molar-refractivity contribution in [2.45, 2.75) is 19.2 Å². The molecule has 0 aliphatic carbocycles. The number of piperazine rings is 1. The number of hydrogen-bond donors (Lipinski definition) is 0. The van der Waals surface area contributed by atoms with Crippen LogP contribution in [0.4, 0.5) is 19.0 Å². The average Bonchev–Trinajstić information content (AvgIpc) is 2.92. The van der Waals surface area contributed by atoms with Crippen LogP contribution in [-0.4, -0.2) is 53.3 Å². The van der Waals surface area contributed by atoms with Gasteiger partial charge >= 0.3 is 6.18 Å². The Morgan fingerprint density at radius 3 is 2.35 bits per heavy atom. The monoisotopic (exact) mass is 506 g/mol. The molecule has 0 saturated carbocycles. The van der Waals surface area contributed by atoms with Gasteiger partial charge in [0.1, 0.15) is 5.75 Å². The molecule has 0 radical (unpaired) electrons. The van der Waals surface area contributed by atoms with Crippen LogP contribution < -0.4 is 9.64 Å². The number of fused-ring (bicyclic) bond motifs is 1. The molecule has 1 fully saturated rings. The second-order valence-corrected chi connectivity index (χ2v) is 8.90. The third-order valence-electron chi connectivity index (χ3n) is 6.45. The largest absolute Gasteiger partial charge is 0.481 e. The van der Waals surface area contributed by atoms with Gasteiger partial charge in [0, 0.05) is 31.7 Å². The maximum absolute atomic E-state index is 13.0. The molecular formula is C28H25F3N4O2. The fourth-order valence-electron chi connectivity index (χ4n) is 4.50. The zero-order valence-electron chi connectivity index (χ0n) is 20.2. The lowest BCUT2D eigenvalue weighted by molar-refractivity contribution is -0.138. The quantitative estimate of drug-likeness (QED) is 0.361. The number of nitrogens with zero attached hydrogens (tertiary/aromatic N) is 4. The highest BCUT2D eigenvalue weighted by Gasteiger charge is 2.31. The molecule has 1 amide bonds. The lowest BCUT2D eigenvalue weighted by Gasteiger charge is -2.36. The summed E-state index contributed by atoms with van der Waals surface area (Å²) in [6.07, 6.45) is -5.38. The van der Waals surface area contributed by atoms with Gasteiger partial charge in [-0.1, -0.05) is 48.5 Å². The van der Waals surface area contributed by atoms with Crippen molar-refractivity contribution in [1.29, 1.82) is 0 Å². The van der Waals surface area contributed by atoms with E-state index in [9.17, 15) is 18.0 Å². The molecule has 0 spiro atoms. The Hall–Kier alpha value is -4.14. The van der Waals surface area contributed by atoms with E-state index in [1.807, 2.05) is 36.4 Å². The van der Waals surface area contributed by atoms with Gasteiger partial charge in [0.25, 0.3) is 5.91 Å². The number of halogens is 3. The van der Waals surface area contributed by atoms with Gasteiger partial charge in [-0.3, -0.25) is 4.79 Å². The van der Waals surface area contributed by atoms with Gasteiger partial charge in [0.05, 0.1) is 11.3 Å². The number of hydrogen-bond acceptors (Lipinski definition) is 5. The molecule has 1 atom stereocenters. The van der Waals surface area contributed by atoms with Crippen LogP contribution in [0.5, 0.6) is 5.75 Å². The predicted octanol–water partition coefficient (Wildman–Crippen LogP) is 5.43. The van der Waals surface area contributed by atoms with Crippen LogP contribution in [0.1, 0.15) is 12.5 Å². The number of carbonyl (C=O) groups excluding carboxylic acids is 1. The molecule has 6 nitrogen and oxygen atoms in total. The first-order chi connectivity index (χ1) is 17.8. The van der Waals surface area contributed by atoms with E-state index in [2.05, 4.69) is 33.3 Å². The summed E-state index contributed by atoms with van der Waals surface area (Å²) in [5.41, 5.74) is 0.989. The zero-order chi connectivity index (χ0) is 26.0. The molecule has 1 unspecified atom stereocenters. The number of aromatic nitrogens is 2. The number of benzene rings is 3. The second kappa shape index (κ2) is 10.1. The van der Waals surface area contributed by atoms with Gasteiger partial charge in [0.15, 0.2) is 11.9 Å². The first-order valence-corrected chi connectivity index (χ1v) is 12.0. The van der Waals surface area contributed by atoms with Crippen LogP contribution in [0, 0.1) is 0 Å². The predicted molar refractivity (Wildman–Crippen MR) is 135 cm³/mol. The molecule has 2 heterocycles. The Balaban J connectivity index is 1.20. The molecule has 190 valence electrons. The van der Waals surface area contributed by atoms with Crippen LogP contribution in [0.2, 0.25) is 0 Å². The summed E-state index contributed by atoms with van der Waals surface area (Å²) in [4.78, 5) is 16.6. The van der Waals surface area contributed by atoms with Crippen molar-refractivity contribution in [2.24, 2.45) is 0 Å². The Kier molecular flexibility index (Phi) is 6.69. The van der Waals surface area contributed by atoms with E-state index in [-0.39, 0.29) is 11.7 Å². The van der Waals surface area contributed by atoms with Crippen LogP contribution in [0.25, 0.3) is 22.0 Å². The summed E-state index contributed by atoms with van der Waals surface area (Å²) in [6, 6.07) is 22.7. The number of anilines is 1. The maximum atomic E-state index is 13.0. The van der Waals surface area contributed by atoms with Gasteiger partial charge in [-0.2, -0.15) is 13.2 Å². The Morgan fingerprint density at radius 1 is 0.892 bits per heavy atom. The van der Waals surface area contributed by atoms with Gasteiger partial charge in [0.2, 0.25) is 0 Å². The highest BCUT2D eigenvalue weighted by Crippen LogP contribution is 2.32. The van der Waals surface area contributed by atoms with Crippen molar-refractivity contribution >= 4 is 22.5 Å². The maximum Gasteiger partial charge on any atom is 0.416 e. The molecule has 1 aliphatic heterocycles. The first-order valence-electron chi connectivity index (χ1n) is 12.0. The molecule has 0 bridgehead atoms. The molecule has 1 aliphatic rings. The fraction of sp³-hybridized carbons (Fsp3) is 0.250. The van der Waals surface area contributed by atoms with E-state index >= 15 is 0 Å². The third kappa shape index (κ3) is 5.35. The summed E-state index contributed by atoms with van der Waals surface area (Å²) in [6.45, 7) is 3.56. The highest BCUT2D eigenvalue weighted by atomic mass is 19.4. The van der Waals surface area contributed by atoms with Crippen LogP contribution in [0.15, 0.2) is 78.9 Å². The number of carbonyl (C=O) groups is 1. The first kappa shape index (κ1) is 24.5. The summed E-state index contributed by atoms with van der Waals surface area (Å²) >= 11 is 0. The molecule has 3 aromatic carbocycles. The van der Waals surface area contributed by atoms with Gasteiger partial charge < -0.3 is 14.5 Å². The molecular weight excluding hydrogens is 481 g/mol. The summed E-state index contributed by atoms with van der Waals surface area (Å²) in [5.74, 6) is 0.467.